The smallest absolute Gasteiger partial charge is 0.0963 e. The molecule has 1 fully saturated rings. The lowest BCUT2D eigenvalue weighted by molar-refractivity contribution is 0.148. The molecule has 2 aromatic rings. The van der Waals surface area contributed by atoms with Gasteiger partial charge in [0.15, 0.2) is 0 Å². The van der Waals surface area contributed by atoms with Gasteiger partial charge in [-0.3, -0.25) is 0 Å². The van der Waals surface area contributed by atoms with Gasteiger partial charge in [-0.05, 0) is 37.0 Å². The zero-order chi connectivity index (χ0) is 14.1. The second-order valence-electron chi connectivity index (χ2n) is 5.99. The minimum Gasteiger partial charge on any atom is -0.392 e. The van der Waals surface area contributed by atoms with Crippen LogP contribution in [-0.2, 0) is 6.54 Å². The van der Waals surface area contributed by atoms with Crippen LogP contribution in [0.3, 0.4) is 0 Å². The molecule has 2 atom stereocenters. The molecule has 108 valence electrons. The highest BCUT2D eigenvalue weighted by molar-refractivity contribution is 7.18. The molecule has 0 aliphatic heterocycles. The standard InChI is InChI=1S/C16H22N2OS/c1-10(2)16-18-13-7-6-11(8-15(13)20-16)9-17-12-4-3-5-14(12)19/h6-8,10,12,14,17,19H,3-5,9H2,1-2H3/t12-,14-/m1/s1. The van der Waals surface area contributed by atoms with Gasteiger partial charge in [-0.2, -0.15) is 0 Å². The fourth-order valence-electron chi connectivity index (χ4n) is 2.77. The van der Waals surface area contributed by atoms with E-state index in [4.69, 9.17) is 0 Å². The predicted molar refractivity (Wildman–Crippen MR) is 84.2 cm³/mol. The van der Waals surface area contributed by atoms with Crippen molar-refractivity contribution < 1.29 is 5.11 Å². The Morgan fingerprint density at radius 1 is 1.40 bits per heavy atom. The lowest BCUT2D eigenvalue weighted by Crippen LogP contribution is -2.34. The molecule has 3 nitrogen and oxygen atoms in total. The number of nitrogens with zero attached hydrogens (tertiary/aromatic N) is 1. The van der Waals surface area contributed by atoms with Crippen molar-refractivity contribution in [2.45, 2.75) is 57.7 Å². The van der Waals surface area contributed by atoms with Gasteiger partial charge in [-0.15, -0.1) is 11.3 Å². The number of aliphatic hydroxyl groups excluding tert-OH is 1. The van der Waals surface area contributed by atoms with E-state index in [-0.39, 0.29) is 12.1 Å². The molecule has 0 saturated heterocycles. The van der Waals surface area contributed by atoms with Crippen LogP contribution in [-0.4, -0.2) is 22.2 Å². The average molecular weight is 290 g/mol. The van der Waals surface area contributed by atoms with Gasteiger partial charge in [0.2, 0.25) is 0 Å². The molecule has 1 saturated carbocycles. The second kappa shape index (κ2) is 5.80. The van der Waals surface area contributed by atoms with E-state index in [1.807, 2.05) is 0 Å². The molecule has 0 bridgehead atoms. The number of benzene rings is 1. The van der Waals surface area contributed by atoms with Crippen LogP contribution in [0.4, 0.5) is 0 Å². The van der Waals surface area contributed by atoms with Crippen LogP contribution < -0.4 is 5.32 Å². The molecule has 0 amide bonds. The summed E-state index contributed by atoms with van der Waals surface area (Å²) in [5.41, 5.74) is 2.37. The average Bonchev–Trinajstić information content (AvgIpc) is 3.01. The minimum atomic E-state index is -0.172. The number of aromatic nitrogens is 1. The van der Waals surface area contributed by atoms with E-state index in [1.54, 1.807) is 11.3 Å². The fourth-order valence-corrected chi connectivity index (χ4v) is 3.80. The number of hydrogen-bond acceptors (Lipinski definition) is 4. The topological polar surface area (TPSA) is 45.2 Å². The molecular formula is C16H22N2OS. The highest BCUT2D eigenvalue weighted by Gasteiger charge is 2.24. The lowest BCUT2D eigenvalue weighted by Gasteiger charge is -2.16. The summed E-state index contributed by atoms with van der Waals surface area (Å²) in [5, 5.41) is 14.5. The Morgan fingerprint density at radius 3 is 2.95 bits per heavy atom. The highest BCUT2D eigenvalue weighted by Crippen LogP contribution is 2.28. The molecule has 1 aromatic heterocycles. The Balaban J connectivity index is 1.72. The number of aliphatic hydroxyl groups is 1. The van der Waals surface area contributed by atoms with Crippen molar-refractivity contribution in [3.05, 3.63) is 28.8 Å². The molecule has 20 heavy (non-hydrogen) atoms. The summed E-state index contributed by atoms with van der Waals surface area (Å²) < 4.78 is 1.26. The number of hydrogen-bond donors (Lipinski definition) is 2. The Kier molecular flexibility index (Phi) is 4.06. The van der Waals surface area contributed by atoms with Crippen LogP contribution in [0.25, 0.3) is 10.2 Å². The maximum Gasteiger partial charge on any atom is 0.0963 e. The van der Waals surface area contributed by atoms with Crippen molar-refractivity contribution in [3.8, 4) is 0 Å². The summed E-state index contributed by atoms with van der Waals surface area (Å²) in [6.45, 7) is 5.19. The lowest BCUT2D eigenvalue weighted by atomic mass is 10.1. The quantitative estimate of drug-likeness (QED) is 0.907. The summed E-state index contributed by atoms with van der Waals surface area (Å²) in [5.74, 6) is 0.489. The van der Waals surface area contributed by atoms with E-state index in [1.165, 1.54) is 15.3 Å². The SMILES string of the molecule is CC(C)c1nc2ccc(CN[C@@H]3CCC[C@H]3O)cc2s1. The van der Waals surface area contributed by atoms with Gasteiger partial charge in [0.25, 0.3) is 0 Å². The Hall–Kier alpha value is -0.970. The molecular weight excluding hydrogens is 268 g/mol. The van der Waals surface area contributed by atoms with Gasteiger partial charge in [0.1, 0.15) is 0 Å². The normalized spacial score (nSPS) is 23.0. The molecule has 0 radical (unpaired) electrons. The highest BCUT2D eigenvalue weighted by atomic mass is 32.1. The maximum atomic E-state index is 9.83. The molecule has 3 rings (SSSR count). The molecule has 0 spiro atoms. The van der Waals surface area contributed by atoms with Crippen LogP contribution >= 0.6 is 11.3 Å². The first kappa shape index (κ1) is 14.0. The van der Waals surface area contributed by atoms with Gasteiger partial charge in [-0.25, -0.2) is 4.98 Å². The van der Waals surface area contributed by atoms with Crippen molar-refractivity contribution in [2.24, 2.45) is 0 Å². The summed E-state index contributed by atoms with van der Waals surface area (Å²) in [4.78, 5) is 4.66. The van der Waals surface area contributed by atoms with E-state index in [0.717, 1.165) is 31.3 Å². The predicted octanol–water partition coefficient (Wildman–Crippen LogP) is 3.42. The number of rotatable bonds is 4. The van der Waals surface area contributed by atoms with Crippen molar-refractivity contribution in [1.82, 2.24) is 10.3 Å². The Labute approximate surface area is 124 Å². The van der Waals surface area contributed by atoms with E-state index in [9.17, 15) is 5.11 Å². The molecule has 4 heteroatoms. The van der Waals surface area contributed by atoms with Crippen LogP contribution in [0, 0.1) is 0 Å². The largest absolute Gasteiger partial charge is 0.392 e. The van der Waals surface area contributed by atoms with Gasteiger partial charge in [0.05, 0.1) is 21.3 Å². The third kappa shape index (κ3) is 2.87. The van der Waals surface area contributed by atoms with E-state index >= 15 is 0 Å². The van der Waals surface area contributed by atoms with E-state index in [0.29, 0.717) is 5.92 Å². The second-order valence-corrected chi connectivity index (χ2v) is 7.06. The summed E-state index contributed by atoms with van der Waals surface area (Å²) in [6.07, 6.45) is 2.98. The molecule has 1 aliphatic carbocycles. The first-order valence-electron chi connectivity index (χ1n) is 7.44. The summed E-state index contributed by atoms with van der Waals surface area (Å²) >= 11 is 1.79. The monoisotopic (exact) mass is 290 g/mol. The van der Waals surface area contributed by atoms with Crippen LogP contribution in [0.15, 0.2) is 18.2 Å². The maximum absolute atomic E-state index is 9.83. The summed E-state index contributed by atoms with van der Waals surface area (Å²) in [7, 11) is 0. The van der Waals surface area contributed by atoms with Crippen LogP contribution in [0.5, 0.6) is 0 Å². The van der Waals surface area contributed by atoms with Crippen molar-refractivity contribution >= 4 is 21.6 Å². The Bertz CT molecular complexity index is 593. The van der Waals surface area contributed by atoms with Crippen molar-refractivity contribution in [3.63, 3.8) is 0 Å². The van der Waals surface area contributed by atoms with Gasteiger partial charge < -0.3 is 10.4 Å². The minimum absolute atomic E-state index is 0.172. The zero-order valence-electron chi connectivity index (χ0n) is 12.1. The Morgan fingerprint density at radius 2 is 2.25 bits per heavy atom. The van der Waals surface area contributed by atoms with Crippen LogP contribution in [0.1, 0.15) is 49.6 Å². The van der Waals surface area contributed by atoms with Crippen molar-refractivity contribution in [1.29, 1.82) is 0 Å². The molecule has 1 aliphatic rings. The fraction of sp³-hybridized carbons (Fsp3) is 0.562. The first-order valence-corrected chi connectivity index (χ1v) is 8.26. The molecule has 1 aromatic carbocycles. The zero-order valence-corrected chi connectivity index (χ0v) is 12.9. The van der Waals surface area contributed by atoms with E-state index < -0.39 is 0 Å². The number of fused-ring (bicyclic) bond motifs is 1. The van der Waals surface area contributed by atoms with Gasteiger partial charge >= 0.3 is 0 Å². The third-order valence-corrected chi connectivity index (χ3v) is 5.33. The van der Waals surface area contributed by atoms with Gasteiger partial charge in [0, 0.05) is 18.5 Å². The molecule has 2 N–H and O–H groups in total. The third-order valence-electron chi connectivity index (χ3n) is 4.01. The number of thiazole rings is 1. The number of nitrogens with one attached hydrogen (secondary N) is 1. The van der Waals surface area contributed by atoms with E-state index in [2.05, 4.69) is 42.3 Å². The van der Waals surface area contributed by atoms with Crippen molar-refractivity contribution in [2.75, 3.05) is 0 Å². The summed E-state index contributed by atoms with van der Waals surface area (Å²) in [6, 6.07) is 6.74. The first-order chi connectivity index (χ1) is 9.63. The molecule has 1 heterocycles. The molecule has 0 unspecified atom stereocenters. The van der Waals surface area contributed by atoms with Crippen LogP contribution in [0.2, 0.25) is 0 Å². The van der Waals surface area contributed by atoms with Gasteiger partial charge in [-0.1, -0.05) is 19.9 Å².